The Balaban J connectivity index is 0.00000529. The van der Waals surface area contributed by atoms with Crippen LogP contribution in [0.15, 0.2) is 23.3 Å². The van der Waals surface area contributed by atoms with Crippen molar-refractivity contribution in [2.24, 2.45) is 4.99 Å². The van der Waals surface area contributed by atoms with Crippen LogP contribution in [0, 0.1) is 0 Å². The van der Waals surface area contributed by atoms with Crippen molar-refractivity contribution in [1.29, 1.82) is 0 Å². The number of halogens is 2. The van der Waals surface area contributed by atoms with Crippen molar-refractivity contribution >= 4 is 47.4 Å². The third-order valence-electron chi connectivity index (χ3n) is 2.73. The first-order valence-corrected chi connectivity index (χ1v) is 8.11. The molecule has 3 N–H and O–H groups in total. The molecule has 136 valence electrons. The first kappa shape index (κ1) is 22.9. The number of carbonyl (C=O) groups is 1. The van der Waals surface area contributed by atoms with Crippen LogP contribution < -0.4 is 16.0 Å². The summed E-state index contributed by atoms with van der Waals surface area (Å²) in [6.45, 7) is 9.32. The average Bonchev–Trinajstić information content (AvgIpc) is 2.45. The summed E-state index contributed by atoms with van der Waals surface area (Å²) in [7, 11) is 0. The Bertz CT molecular complexity index is 528. The molecular formula is C16H27ClIN5O. The molecule has 1 amide bonds. The lowest BCUT2D eigenvalue weighted by molar-refractivity contribution is -0.121. The van der Waals surface area contributed by atoms with Crippen molar-refractivity contribution in [2.75, 3.05) is 19.6 Å². The van der Waals surface area contributed by atoms with E-state index in [2.05, 4.69) is 25.9 Å². The summed E-state index contributed by atoms with van der Waals surface area (Å²) >= 11 is 5.76. The van der Waals surface area contributed by atoms with E-state index in [1.165, 1.54) is 0 Å². The smallest absolute Gasteiger partial charge is 0.242 e. The minimum absolute atomic E-state index is 0. The second kappa shape index (κ2) is 11.5. The number of amides is 1. The zero-order chi connectivity index (χ0) is 17.3. The Morgan fingerprint density at radius 2 is 2.00 bits per heavy atom. The third kappa shape index (κ3) is 10.6. The molecule has 0 saturated heterocycles. The topological polar surface area (TPSA) is 78.4 Å². The molecule has 0 aromatic carbocycles. The van der Waals surface area contributed by atoms with E-state index in [0.29, 0.717) is 17.7 Å². The molecular weight excluding hydrogens is 441 g/mol. The van der Waals surface area contributed by atoms with Gasteiger partial charge in [-0.05, 0) is 45.7 Å². The van der Waals surface area contributed by atoms with Gasteiger partial charge >= 0.3 is 0 Å². The van der Waals surface area contributed by atoms with Crippen LogP contribution in [0.5, 0.6) is 0 Å². The van der Waals surface area contributed by atoms with Crippen molar-refractivity contribution in [2.45, 2.75) is 39.7 Å². The average molecular weight is 468 g/mol. The van der Waals surface area contributed by atoms with E-state index in [4.69, 9.17) is 11.6 Å². The first-order valence-electron chi connectivity index (χ1n) is 7.74. The lowest BCUT2D eigenvalue weighted by atomic mass is 10.1. The van der Waals surface area contributed by atoms with Gasteiger partial charge in [-0.25, -0.2) is 9.98 Å². The summed E-state index contributed by atoms with van der Waals surface area (Å²) in [6, 6.07) is 3.71. The van der Waals surface area contributed by atoms with Gasteiger partial charge < -0.3 is 16.0 Å². The molecule has 1 aromatic rings. The molecule has 0 radical (unpaired) electrons. The van der Waals surface area contributed by atoms with E-state index in [9.17, 15) is 4.79 Å². The van der Waals surface area contributed by atoms with Crippen molar-refractivity contribution in [3.05, 3.63) is 29.0 Å². The van der Waals surface area contributed by atoms with Crippen LogP contribution in [0.4, 0.5) is 0 Å². The third-order valence-corrected chi connectivity index (χ3v) is 2.96. The number of pyridine rings is 1. The molecule has 1 aromatic heterocycles. The largest absolute Gasteiger partial charge is 0.357 e. The number of aliphatic imine (C=N–C) groups is 1. The maximum Gasteiger partial charge on any atom is 0.242 e. The van der Waals surface area contributed by atoms with E-state index in [1.54, 1.807) is 12.3 Å². The number of guanidine groups is 1. The summed E-state index contributed by atoms with van der Waals surface area (Å²) in [5.41, 5.74) is 0.836. The summed E-state index contributed by atoms with van der Waals surface area (Å²) in [6.07, 6.45) is 2.55. The fraction of sp³-hybridized carbons (Fsp3) is 0.562. The Morgan fingerprint density at radius 1 is 1.29 bits per heavy atom. The maximum atomic E-state index is 11.8. The highest BCUT2D eigenvalue weighted by Crippen LogP contribution is 2.05. The van der Waals surface area contributed by atoms with Crippen LogP contribution >= 0.6 is 35.6 Å². The van der Waals surface area contributed by atoms with Crippen LogP contribution in [0.25, 0.3) is 0 Å². The molecule has 0 fully saturated rings. The van der Waals surface area contributed by atoms with Gasteiger partial charge in [0.1, 0.15) is 11.7 Å². The van der Waals surface area contributed by atoms with Crippen molar-refractivity contribution in [3.8, 4) is 0 Å². The number of nitrogens with one attached hydrogen (secondary N) is 3. The normalized spacial score (nSPS) is 11.5. The van der Waals surface area contributed by atoms with E-state index >= 15 is 0 Å². The molecule has 6 nitrogen and oxygen atoms in total. The minimum atomic E-state index is -0.250. The molecule has 0 aliphatic rings. The van der Waals surface area contributed by atoms with Gasteiger partial charge in [-0.3, -0.25) is 4.79 Å². The van der Waals surface area contributed by atoms with E-state index in [0.717, 1.165) is 18.5 Å². The molecule has 8 heteroatoms. The van der Waals surface area contributed by atoms with E-state index in [1.807, 2.05) is 33.8 Å². The van der Waals surface area contributed by atoms with Crippen LogP contribution in [0.2, 0.25) is 5.15 Å². The summed E-state index contributed by atoms with van der Waals surface area (Å²) in [4.78, 5) is 20.1. The van der Waals surface area contributed by atoms with Crippen LogP contribution in [0.3, 0.4) is 0 Å². The van der Waals surface area contributed by atoms with Gasteiger partial charge in [-0.15, -0.1) is 24.0 Å². The molecule has 0 aliphatic heterocycles. The number of hydrogen-bond acceptors (Lipinski definition) is 3. The fourth-order valence-electron chi connectivity index (χ4n) is 1.83. The number of rotatable bonds is 6. The van der Waals surface area contributed by atoms with Crippen molar-refractivity contribution < 1.29 is 4.79 Å². The van der Waals surface area contributed by atoms with Gasteiger partial charge in [0.2, 0.25) is 5.91 Å². The second-order valence-electron chi connectivity index (χ2n) is 6.16. The van der Waals surface area contributed by atoms with Crippen molar-refractivity contribution in [3.63, 3.8) is 0 Å². The molecule has 0 aliphatic carbocycles. The number of aromatic nitrogens is 1. The first-order chi connectivity index (χ1) is 10.8. The Hall–Kier alpha value is -1.09. The lowest BCUT2D eigenvalue weighted by Gasteiger charge is -2.20. The number of hydrogen-bond donors (Lipinski definition) is 3. The SMILES string of the molecule is CCNC(=NCC(=O)NC(C)(C)C)NCCc1ccc(Cl)nc1.I. The number of carbonyl (C=O) groups excluding carboxylic acids is 1. The molecule has 0 spiro atoms. The lowest BCUT2D eigenvalue weighted by Crippen LogP contribution is -2.43. The number of nitrogens with zero attached hydrogens (tertiary/aromatic N) is 2. The Labute approximate surface area is 166 Å². The van der Waals surface area contributed by atoms with E-state index in [-0.39, 0.29) is 42.0 Å². The zero-order valence-corrected chi connectivity index (χ0v) is 17.7. The standard InChI is InChI=1S/C16H26ClN5O.HI/c1-5-18-15(21-11-14(23)22-16(2,3)4)19-9-8-12-6-7-13(17)20-10-12;/h6-7,10H,5,8-9,11H2,1-4H3,(H,22,23)(H2,18,19,21);1H. The molecule has 0 bridgehead atoms. The molecule has 24 heavy (non-hydrogen) atoms. The van der Waals surface area contributed by atoms with Gasteiger partial charge in [-0.1, -0.05) is 17.7 Å². The van der Waals surface area contributed by atoms with Gasteiger partial charge in [0, 0.05) is 24.8 Å². The fourth-order valence-corrected chi connectivity index (χ4v) is 1.94. The molecule has 0 unspecified atom stereocenters. The Kier molecular flexibility index (Phi) is 10.9. The molecule has 1 rings (SSSR count). The molecule has 0 atom stereocenters. The van der Waals surface area contributed by atoms with Gasteiger partial charge in [-0.2, -0.15) is 0 Å². The highest BCUT2D eigenvalue weighted by molar-refractivity contribution is 14.0. The quantitative estimate of drug-likeness (QED) is 0.260. The van der Waals surface area contributed by atoms with Gasteiger partial charge in [0.15, 0.2) is 5.96 Å². The summed E-state index contributed by atoms with van der Waals surface area (Å²) < 4.78 is 0. The van der Waals surface area contributed by atoms with Gasteiger partial charge in [0.05, 0.1) is 0 Å². The molecule has 0 saturated carbocycles. The zero-order valence-electron chi connectivity index (χ0n) is 14.6. The predicted molar refractivity (Wildman–Crippen MR) is 110 cm³/mol. The maximum absolute atomic E-state index is 11.8. The monoisotopic (exact) mass is 467 g/mol. The summed E-state index contributed by atoms with van der Waals surface area (Å²) in [5, 5.41) is 9.69. The Morgan fingerprint density at radius 3 is 2.54 bits per heavy atom. The molecule has 1 heterocycles. The van der Waals surface area contributed by atoms with E-state index < -0.39 is 0 Å². The minimum Gasteiger partial charge on any atom is -0.357 e. The van der Waals surface area contributed by atoms with Gasteiger partial charge in [0.25, 0.3) is 0 Å². The van der Waals surface area contributed by atoms with Crippen LogP contribution in [-0.4, -0.2) is 42.0 Å². The van der Waals surface area contributed by atoms with Crippen LogP contribution in [0.1, 0.15) is 33.3 Å². The highest BCUT2D eigenvalue weighted by Gasteiger charge is 2.13. The van der Waals surface area contributed by atoms with Crippen molar-refractivity contribution in [1.82, 2.24) is 20.9 Å². The predicted octanol–water partition coefficient (Wildman–Crippen LogP) is 2.37. The van der Waals surface area contributed by atoms with Crippen LogP contribution in [-0.2, 0) is 11.2 Å². The highest BCUT2D eigenvalue weighted by atomic mass is 127. The summed E-state index contributed by atoms with van der Waals surface area (Å²) in [5.74, 6) is 0.523. The second-order valence-corrected chi connectivity index (χ2v) is 6.55.